The average molecular weight is 365 g/mol. The summed E-state index contributed by atoms with van der Waals surface area (Å²) in [6, 6.07) is 10.2. The molecular weight excluding hydrogens is 340 g/mol. The third-order valence-corrected chi connectivity index (χ3v) is 5.42. The summed E-state index contributed by atoms with van der Waals surface area (Å²) < 4.78 is 5.14. The van der Waals surface area contributed by atoms with E-state index < -0.39 is 0 Å². The second-order valence-electron chi connectivity index (χ2n) is 5.61. The second-order valence-corrected chi connectivity index (χ2v) is 7.56. The van der Waals surface area contributed by atoms with Crippen molar-refractivity contribution < 1.29 is 9.53 Å². The van der Waals surface area contributed by atoms with Gasteiger partial charge < -0.3 is 15.0 Å². The largest absolute Gasteiger partial charge is 0.497 e. The number of hydrogen-bond donors (Lipinski definition) is 1. The van der Waals surface area contributed by atoms with Crippen LogP contribution in [0.15, 0.2) is 46.0 Å². The van der Waals surface area contributed by atoms with Crippen molar-refractivity contribution in [1.29, 1.82) is 0 Å². The first-order chi connectivity index (χ1) is 11.6. The summed E-state index contributed by atoms with van der Waals surface area (Å²) in [5, 5.41) is 7.25. The molecule has 0 radical (unpaired) electrons. The lowest BCUT2D eigenvalue weighted by Gasteiger charge is -2.24. The molecular formula is C18H24N2O2S2. The van der Waals surface area contributed by atoms with E-state index in [0.717, 1.165) is 16.4 Å². The number of benzene rings is 1. The van der Waals surface area contributed by atoms with E-state index in [2.05, 4.69) is 27.0 Å². The minimum Gasteiger partial charge on any atom is -0.497 e. The lowest BCUT2D eigenvalue weighted by Crippen LogP contribution is -2.34. The van der Waals surface area contributed by atoms with Gasteiger partial charge in [-0.1, -0.05) is 0 Å². The summed E-state index contributed by atoms with van der Waals surface area (Å²) in [6.45, 7) is 0.635. The molecule has 2 aromatic rings. The van der Waals surface area contributed by atoms with Gasteiger partial charge in [-0.05, 0) is 60.8 Å². The number of methoxy groups -OCH3 is 1. The van der Waals surface area contributed by atoms with Crippen LogP contribution in [0.25, 0.3) is 0 Å². The Balaban J connectivity index is 1.72. The van der Waals surface area contributed by atoms with Crippen LogP contribution >= 0.6 is 23.1 Å². The minimum atomic E-state index is 0.0955. The molecule has 2 rings (SSSR count). The highest BCUT2D eigenvalue weighted by Gasteiger charge is 2.15. The van der Waals surface area contributed by atoms with Crippen LogP contribution in [0.3, 0.4) is 0 Å². The number of carbonyl (C=O) groups is 1. The first-order valence-electron chi connectivity index (χ1n) is 7.82. The minimum absolute atomic E-state index is 0.0955. The van der Waals surface area contributed by atoms with Crippen LogP contribution in [-0.4, -0.2) is 44.3 Å². The number of rotatable bonds is 9. The number of likely N-dealkylation sites (N-methyl/N-ethyl adjacent to an activating group) is 1. The summed E-state index contributed by atoms with van der Waals surface area (Å²) in [5.74, 6) is 1.71. The van der Waals surface area contributed by atoms with Crippen molar-refractivity contribution in [3.05, 3.63) is 46.7 Å². The number of thiophene rings is 1. The van der Waals surface area contributed by atoms with Crippen LogP contribution < -0.4 is 10.1 Å². The Kier molecular flexibility index (Phi) is 7.62. The Bertz CT molecular complexity index is 612. The molecule has 1 aromatic carbocycles. The zero-order valence-electron chi connectivity index (χ0n) is 14.3. The fourth-order valence-electron chi connectivity index (χ4n) is 2.30. The van der Waals surface area contributed by atoms with E-state index in [1.807, 2.05) is 38.4 Å². The molecule has 1 unspecified atom stereocenters. The van der Waals surface area contributed by atoms with Crippen molar-refractivity contribution in [2.45, 2.75) is 17.4 Å². The predicted octanol–water partition coefficient (Wildman–Crippen LogP) is 3.66. The highest BCUT2D eigenvalue weighted by atomic mass is 32.2. The maximum atomic E-state index is 12.1. The number of ether oxygens (including phenoxy) is 1. The molecule has 1 heterocycles. The van der Waals surface area contributed by atoms with Gasteiger partial charge in [0.2, 0.25) is 5.91 Å². The van der Waals surface area contributed by atoms with E-state index >= 15 is 0 Å². The lowest BCUT2D eigenvalue weighted by atomic mass is 10.1. The molecule has 1 atom stereocenters. The molecule has 24 heavy (non-hydrogen) atoms. The fourth-order valence-corrected chi connectivity index (χ4v) is 3.85. The van der Waals surface area contributed by atoms with E-state index in [1.165, 1.54) is 5.56 Å². The number of amides is 1. The van der Waals surface area contributed by atoms with Gasteiger partial charge in [0.15, 0.2) is 0 Å². The highest BCUT2D eigenvalue weighted by Crippen LogP contribution is 2.22. The summed E-state index contributed by atoms with van der Waals surface area (Å²) >= 11 is 3.36. The van der Waals surface area contributed by atoms with E-state index in [9.17, 15) is 4.79 Å². The van der Waals surface area contributed by atoms with Gasteiger partial charge in [-0.15, -0.1) is 11.8 Å². The van der Waals surface area contributed by atoms with Crippen LogP contribution in [0.2, 0.25) is 0 Å². The van der Waals surface area contributed by atoms with Gasteiger partial charge in [-0.2, -0.15) is 11.3 Å². The van der Waals surface area contributed by atoms with Crippen molar-refractivity contribution in [3.63, 3.8) is 0 Å². The monoisotopic (exact) mass is 364 g/mol. The smallest absolute Gasteiger partial charge is 0.220 e. The Labute approximate surface area is 152 Å². The molecule has 0 aliphatic rings. The molecule has 0 saturated heterocycles. The molecule has 0 spiro atoms. The third-order valence-electron chi connectivity index (χ3n) is 3.70. The van der Waals surface area contributed by atoms with E-state index in [4.69, 9.17) is 4.74 Å². The van der Waals surface area contributed by atoms with Crippen molar-refractivity contribution in [1.82, 2.24) is 10.2 Å². The molecule has 4 nitrogen and oxygen atoms in total. The van der Waals surface area contributed by atoms with Crippen molar-refractivity contribution in [2.24, 2.45) is 0 Å². The van der Waals surface area contributed by atoms with Crippen LogP contribution in [0, 0.1) is 0 Å². The summed E-state index contributed by atoms with van der Waals surface area (Å²) in [6.07, 6.45) is 0.514. The van der Waals surface area contributed by atoms with Gasteiger partial charge in [-0.3, -0.25) is 4.79 Å². The number of nitrogens with zero attached hydrogens (tertiary/aromatic N) is 1. The topological polar surface area (TPSA) is 41.6 Å². The zero-order valence-corrected chi connectivity index (χ0v) is 16.0. The summed E-state index contributed by atoms with van der Waals surface area (Å²) in [4.78, 5) is 15.3. The summed E-state index contributed by atoms with van der Waals surface area (Å²) in [5.41, 5.74) is 1.25. The van der Waals surface area contributed by atoms with Crippen LogP contribution in [-0.2, 0) is 4.79 Å². The molecule has 1 N–H and O–H groups in total. The SMILES string of the molecule is COc1ccc(SCCC(=O)NCC(c2ccsc2)N(C)C)cc1. The number of hydrogen-bond acceptors (Lipinski definition) is 5. The van der Waals surface area contributed by atoms with Crippen molar-refractivity contribution >= 4 is 29.0 Å². The lowest BCUT2D eigenvalue weighted by molar-refractivity contribution is -0.120. The van der Waals surface area contributed by atoms with Gasteiger partial charge >= 0.3 is 0 Å². The maximum Gasteiger partial charge on any atom is 0.220 e. The van der Waals surface area contributed by atoms with E-state index in [-0.39, 0.29) is 11.9 Å². The molecule has 1 aromatic heterocycles. The van der Waals surface area contributed by atoms with Crippen molar-refractivity contribution in [2.75, 3.05) is 33.5 Å². The second kappa shape index (κ2) is 9.71. The summed E-state index contributed by atoms with van der Waals surface area (Å²) in [7, 11) is 5.73. The van der Waals surface area contributed by atoms with Crippen molar-refractivity contribution in [3.8, 4) is 5.75 Å². The van der Waals surface area contributed by atoms with Gasteiger partial charge in [0.1, 0.15) is 5.75 Å². The Hall–Kier alpha value is -1.50. The van der Waals surface area contributed by atoms with Gasteiger partial charge in [-0.25, -0.2) is 0 Å². The molecule has 130 valence electrons. The van der Waals surface area contributed by atoms with Gasteiger partial charge in [0.25, 0.3) is 0 Å². The average Bonchev–Trinajstić information content (AvgIpc) is 3.09. The first kappa shape index (κ1) is 18.8. The van der Waals surface area contributed by atoms with E-state index in [0.29, 0.717) is 13.0 Å². The Morgan fingerprint density at radius 2 is 2.04 bits per heavy atom. The highest BCUT2D eigenvalue weighted by molar-refractivity contribution is 7.99. The molecule has 0 bridgehead atoms. The number of thioether (sulfide) groups is 1. The quantitative estimate of drug-likeness (QED) is 0.690. The molecule has 1 amide bonds. The predicted molar refractivity (Wildman–Crippen MR) is 102 cm³/mol. The molecule has 0 aliphatic heterocycles. The van der Waals surface area contributed by atoms with Crippen LogP contribution in [0.4, 0.5) is 0 Å². The molecule has 0 saturated carbocycles. The van der Waals surface area contributed by atoms with Crippen LogP contribution in [0.5, 0.6) is 5.75 Å². The Morgan fingerprint density at radius 3 is 2.62 bits per heavy atom. The molecule has 0 fully saturated rings. The molecule has 0 aliphatic carbocycles. The van der Waals surface area contributed by atoms with Gasteiger partial charge in [0, 0.05) is 23.6 Å². The standard InChI is InChI=1S/C18H24N2O2S2/c1-20(2)17(14-8-10-23-13-14)12-19-18(21)9-11-24-16-6-4-15(22-3)5-7-16/h4-8,10,13,17H,9,11-12H2,1-3H3,(H,19,21). The number of carbonyl (C=O) groups excluding carboxylic acids is 1. The van der Waals surface area contributed by atoms with E-state index in [1.54, 1.807) is 30.2 Å². The fraction of sp³-hybridized carbons (Fsp3) is 0.389. The maximum absolute atomic E-state index is 12.1. The normalized spacial score (nSPS) is 12.2. The molecule has 6 heteroatoms. The van der Waals surface area contributed by atoms with Crippen LogP contribution in [0.1, 0.15) is 18.0 Å². The third kappa shape index (κ3) is 5.85. The van der Waals surface area contributed by atoms with Gasteiger partial charge in [0.05, 0.1) is 13.2 Å². The Morgan fingerprint density at radius 1 is 1.29 bits per heavy atom. The number of nitrogens with one attached hydrogen (secondary N) is 1. The zero-order chi connectivity index (χ0) is 17.4. The first-order valence-corrected chi connectivity index (χ1v) is 9.75.